The molecule has 2 aliphatic carbocycles. The van der Waals surface area contributed by atoms with Crippen LogP contribution in [-0.4, -0.2) is 17.0 Å². The molecule has 0 saturated heterocycles. The number of carbonyl (C=O) groups excluding carboxylic acids is 1. The number of allylic oxidation sites excluding steroid dienone is 2. The lowest BCUT2D eigenvalue weighted by molar-refractivity contribution is -0.148. The highest BCUT2D eigenvalue weighted by Gasteiger charge is 2.57. The Morgan fingerprint density at radius 2 is 1.64 bits per heavy atom. The number of aliphatic carboxylic acids is 1. The second-order valence-corrected chi connectivity index (χ2v) is 6.49. The van der Waals surface area contributed by atoms with E-state index in [0.717, 1.165) is 18.5 Å². The Labute approximate surface area is 130 Å². The van der Waals surface area contributed by atoms with Gasteiger partial charge in [0.1, 0.15) is 0 Å². The van der Waals surface area contributed by atoms with Gasteiger partial charge >= 0.3 is 5.97 Å². The first-order valence-corrected chi connectivity index (χ1v) is 7.76. The van der Waals surface area contributed by atoms with Crippen molar-refractivity contribution in [2.45, 2.75) is 26.7 Å². The molecule has 0 aromatic heterocycles. The smallest absolute Gasteiger partial charge is 0.307 e. The highest BCUT2D eigenvalue weighted by Crippen LogP contribution is 2.57. The summed E-state index contributed by atoms with van der Waals surface area (Å²) >= 11 is 0. The molecule has 116 valence electrons. The topological polar surface area (TPSA) is 66.4 Å². The van der Waals surface area contributed by atoms with Crippen molar-refractivity contribution >= 4 is 17.6 Å². The first-order valence-electron chi connectivity index (χ1n) is 7.76. The van der Waals surface area contributed by atoms with Gasteiger partial charge in [-0.3, -0.25) is 9.59 Å². The van der Waals surface area contributed by atoms with Crippen molar-refractivity contribution in [3.63, 3.8) is 0 Å². The molecular formula is C18H21NO3. The number of fused-ring (bicyclic) bond motifs is 2. The van der Waals surface area contributed by atoms with Crippen LogP contribution in [0.25, 0.3) is 0 Å². The molecule has 1 aromatic carbocycles. The van der Waals surface area contributed by atoms with E-state index in [1.807, 2.05) is 44.2 Å². The van der Waals surface area contributed by atoms with E-state index in [-0.39, 0.29) is 17.7 Å². The Morgan fingerprint density at radius 1 is 1.05 bits per heavy atom. The third-order valence-corrected chi connectivity index (χ3v) is 5.05. The summed E-state index contributed by atoms with van der Waals surface area (Å²) in [5.41, 5.74) is 3.10. The van der Waals surface area contributed by atoms with E-state index in [0.29, 0.717) is 0 Å². The number of nitrogens with one attached hydrogen (secondary N) is 1. The predicted molar refractivity (Wildman–Crippen MR) is 84.3 cm³/mol. The van der Waals surface area contributed by atoms with Crippen molar-refractivity contribution in [3.8, 4) is 0 Å². The van der Waals surface area contributed by atoms with E-state index in [1.165, 1.54) is 11.1 Å². The average Bonchev–Trinajstić information content (AvgIpc) is 3.03. The van der Waals surface area contributed by atoms with Gasteiger partial charge in [-0.15, -0.1) is 0 Å². The molecule has 0 spiro atoms. The lowest BCUT2D eigenvalue weighted by Gasteiger charge is -2.26. The molecule has 1 amide bonds. The standard InChI is InChI=1S/C18H21NO3/c1-10(2)14-12-8-9-13(14)16(18(21)22)15(12)17(20)19-11-6-4-3-5-7-11/h3-7,12-13,15-16H,8-9H2,1-2H3,(H,19,20)(H,21,22)/t12-,13-,15+,16+/m1/s1. The first kappa shape index (κ1) is 14.8. The fourth-order valence-electron chi connectivity index (χ4n) is 4.35. The van der Waals surface area contributed by atoms with Crippen LogP contribution in [0.3, 0.4) is 0 Å². The summed E-state index contributed by atoms with van der Waals surface area (Å²) in [6.45, 7) is 4.05. The van der Waals surface area contributed by atoms with E-state index >= 15 is 0 Å². The van der Waals surface area contributed by atoms with E-state index in [2.05, 4.69) is 5.32 Å². The number of hydrogen-bond acceptors (Lipinski definition) is 2. The molecule has 4 atom stereocenters. The molecule has 2 aliphatic rings. The molecule has 3 rings (SSSR count). The molecule has 1 aromatic rings. The number of hydrogen-bond donors (Lipinski definition) is 2. The summed E-state index contributed by atoms with van der Waals surface area (Å²) in [6.07, 6.45) is 1.80. The van der Waals surface area contributed by atoms with Gasteiger partial charge < -0.3 is 10.4 Å². The minimum absolute atomic E-state index is 0.0269. The normalized spacial score (nSPS) is 29.5. The molecule has 2 bridgehead atoms. The highest BCUT2D eigenvalue weighted by molar-refractivity contribution is 5.96. The quantitative estimate of drug-likeness (QED) is 0.841. The number of anilines is 1. The van der Waals surface area contributed by atoms with E-state index in [1.54, 1.807) is 0 Å². The summed E-state index contributed by atoms with van der Waals surface area (Å²) in [4.78, 5) is 24.4. The second-order valence-electron chi connectivity index (χ2n) is 6.49. The van der Waals surface area contributed by atoms with Gasteiger partial charge in [0.05, 0.1) is 11.8 Å². The third kappa shape index (κ3) is 2.32. The molecule has 2 N–H and O–H groups in total. The third-order valence-electron chi connectivity index (χ3n) is 5.05. The Kier molecular flexibility index (Phi) is 3.77. The molecule has 2 saturated carbocycles. The van der Waals surface area contributed by atoms with Crippen molar-refractivity contribution in [1.82, 2.24) is 0 Å². The summed E-state index contributed by atoms with van der Waals surface area (Å²) < 4.78 is 0. The Bertz CT molecular complexity index is 631. The second kappa shape index (κ2) is 5.59. The Morgan fingerprint density at radius 3 is 2.18 bits per heavy atom. The molecule has 22 heavy (non-hydrogen) atoms. The minimum Gasteiger partial charge on any atom is -0.481 e. The molecule has 4 nitrogen and oxygen atoms in total. The van der Waals surface area contributed by atoms with E-state index < -0.39 is 17.8 Å². The lowest BCUT2D eigenvalue weighted by atomic mass is 9.78. The van der Waals surface area contributed by atoms with Crippen LogP contribution in [-0.2, 0) is 9.59 Å². The maximum absolute atomic E-state index is 12.7. The van der Waals surface area contributed by atoms with Gasteiger partial charge in [0.2, 0.25) is 5.91 Å². The van der Waals surface area contributed by atoms with Gasteiger partial charge in [-0.25, -0.2) is 0 Å². The van der Waals surface area contributed by atoms with Gasteiger partial charge in [-0.05, 0) is 50.7 Å². The lowest BCUT2D eigenvalue weighted by Crippen LogP contribution is -2.37. The SMILES string of the molecule is CC(C)=C1[C@H]2CC[C@H]1[C@H](C(=O)Nc1ccccc1)[C@H]2C(=O)O. The van der Waals surface area contributed by atoms with Gasteiger partial charge in [0.25, 0.3) is 0 Å². The van der Waals surface area contributed by atoms with Gasteiger partial charge in [0.15, 0.2) is 0 Å². The highest BCUT2D eigenvalue weighted by atomic mass is 16.4. The Balaban J connectivity index is 1.90. The molecular weight excluding hydrogens is 278 g/mol. The van der Waals surface area contributed by atoms with Crippen LogP contribution in [0, 0.1) is 23.7 Å². The fourth-order valence-corrected chi connectivity index (χ4v) is 4.35. The zero-order valence-electron chi connectivity index (χ0n) is 12.9. The zero-order valence-corrected chi connectivity index (χ0v) is 12.9. The van der Waals surface area contributed by atoms with Crippen molar-refractivity contribution in [1.29, 1.82) is 0 Å². The number of carboxylic acid groups (broad SMARTS) is 1. The predicted octanol–water partition coefficient (Wildman–Crippen LogP) is 3.32. The maximum atomic E-state index is 12.7. The van der Waals surface area contributed by atoms with Gasteiger partial charge in [0, 0.05) is 5.69 Å². The van der Waals surface area contributed by atoms with Gasteiger partial charge in [-0.1, -0.05) is 29.3 Å². The summed E-state index contributed by atoms with van der Waals surface area (Å²) in [6, 6.07) is 9.24. The fraction of sp³-hybridized carbons (Fsp3) is 0.444. The van der Waals surface area contributed by atoms with Crippen LogP contribution >= 0.6 is 0 Å². The van der Waals surface area contributed by atoms with Crippen LogP contribution in [0.4, 0.5) is 5.69 Å². The van der Waals surface area contributed by atoms with E-state index in [4.69, 9.17) is 0 Å². The zero-order chi connectivity index (χ0) is 15.9. The number of amides is 1. The summed E-state index contributed by atoms with van der Waals surface area (Å²) in [5, 5.41) is 12.5. The number of carboxylic acids is 1. The molecule has 0 radical (unpaired) electrons. The molecule has 0 aliphatic heterocycles. The molecule has 0 heterocycles. The van der Waals surface area contributed by atoms with Crippen LogP contribution in [0.5, 0.6) is 0 Å². The number of para-hydroxylation sites is 1. The average molecular weight is 299 g/mol. The van der Waals surface area contributed by atoms with Crippen LogP contribution in [0.2, 0.25) is 0 Å². The van der Waals surface area contributed by atoms with Crippen molar-refractivity contribution in [3.05, 3.63) is 41.5 Å². The van der Waals surface area contributed by atoms with Crippen LogP contribution < -0.4 is 5.32 Å². The van der Waals surface area contributed by atoms with Crippen molar-refractivity contribution < 1.29 is 14.7 Å². The largest absolute Gasteiger partial charge is 0.481 e. The molecule has 4 heteroatoms. The number of carbonyl (C=O) groups is 2. The first-order chi connectivity index (χ1) is 10.5. The Hall–Kier alpha value is -2.10. The molecule has 0 unspecified atom stereocenters. The summed E-state index contributed by atoms with van der Waals surface area (Å²) in [7, 11) is 0. The summed E-state index contributed by atoms with van der Waals surface area (Å²) in [5.74, 6) is -1.95. The number of rotatable bonds is 3. The number of benzene rings is 1. The maximum Gasteiger partial charge on any atom is 0.307 e. The molecule has 2 fully saturated rings. The van der Waals surface area contributed by atoms with Crippen LogP contribution in [0.15, 0.2) is 41.5 Å². The monoisotopic (exact) mass is 299 g/mol. The van der Waals surface area contributed by atoms with Crippen LogP contribution in [0.1, 0.15) is 26.7 Å². The minimum atomic E-state index is -0.848. The van der Waals surface area contributed by atoms with Gasteiger partial charge in [-0.2, -0.15) is 0 Å². The van der Waals surface area contributed by atoms with Crippen molar-refractivity contribution in [2.24, 2.45) is 23.7 Å². The van der Waals surface area contributed by atoms with Crippen molar-refractivity contribution in [2.75, 3.05) is 5.32 Å². The van der Waals surface area contributed by atoms with E-state index in [9.17, 15) is 14.7 Å².